The lowest BCUT2D eigenvalue weighted by atomic mass is 9.81. The Hall–Kier alpha value is -0.910. The number of hydrazine groups is 1. The molecule has 0 radical (unpaired) electrons. The average Bonchev–Trinajstić information content (AvgIpc) is 2.89. The molecule has 0 aromatic carbocycles. The van der Waals surface area contributed by atoms with Gasteiger partial charge in [-0.3, -0.25) is 16.0 Å². The molecule has 1 unspecified atom stereocenters. The van der Waals surface area contributed by atoms with Crippen molar-refractivity contribution < 1.29 is 0 Å². The zero-order chi connectivity index (χ0) is 16.0. The van der Waals surface area contributed by atoms with Crippen LogP contribution in [0.15, 0.2) is 6.07 Å². The van der Waals surface area contributed by atoms with Gasteiger partial charge in [0, 0.05) is 30.2 Å². The maximum atomic E-state index is 5.92. The van der Waals surface area contributed by atoms with E-state index in [1.807, 2.05) is 0 Å². The molecular formula is C16H33N5. The van der Waals surface area contributed by atoms with E-state index in [-0.39, 0.29) is 11.6 Å². The molecule has 5 heteroatoms. The number of nitrogens with two attached hydrogens (primary N) is 1. The zero-order valence-corrected chi connectivity index (χ0v) is 14.6. The molecule has 0 fully saturated rings. The van der Waals surface area contributed by atoms with Gasteiger partial charge in [-0.2, -0.15) is 5.10 Å². The van der Waals surface area contributed by atoms with Crippen LogP contribution < -0.4 is 11.3 Å². The van der Waals surface area contributed by atoms with Crippen LogP contribution in [0.25, 0.3) is 0 Å². The standard InChI is InChI=1S/C16H33N5/c1-7-13-11-14(21(10-4)19-13)12-15(18-17)16(8-2,9-3)20(5)6/h11,15,18H,7-10,12,17H2,1-6H3. The lowest BCUT2D eigenvalue weighted by molar-refractivity contribution is 0.0873. The summed E-state index contributed by atoms with van der Waals surface area (Å²) in [4.78, 5) is 2.31. The average molecular weight is 295 g/mol. The fourth-order valence-electron chi connectivity index (χ4n) is 3.43. The van der Waals surface area contributed by atoms with Crippen molar-refractivity contribution >= 4 is 0 Å². The summed E-state index contributed by atoms with van der Waals surface area (Å²) in [6.07, 6.45) is 4.00. The predicted octanol–water partition coefficient (Wildman–Crippen LogP) is 1.96. The first kappa shape index (κ1) is 18.1. The highest BCUT2D eigenvalue weighted by Gasteiger charge is 2.37. The van der Waals surface area contributed by atoms with E-state index in [1.54, 1.807) is 0 Å². The molecular weight excluding hydrogens is 262 g/mol. The Morgan fingerprint density at radius 3 is 2.29 bits per heavy atom. The van der Waals surface area contributed by atoms with Crippen molar-refractivity contribution in [3.05, 3.63) is 17.5 Å². The van der Waals surface area contributed by atoms with Crippen molar-refractivity contribution in [2.45, 2.75) is 71.5 Å². The third-order valence-electron chi connectivity index (χ3n) is 4.95. The van der Waals surface area contributed by atoms with E-state index >= 15 is 0 Å². The summed E-state index contributed by atoms with van der Waals surface area (Å²) in [5.41, 5.74) is 5.56. The number of hydrogen-bond donors (Lipinski definition) is 2. The highest BCUT2D eigenvalue weighted by molar-refractivity contribution is 5.14. The van der Waals surface area contributed by atoms with Gasteiger partial charge in [0.1, 0.15) is 0 Å². The van der Waals surface area contributed by atoms with Gasteiger partial charge in [0.25, 0.3) is 0 Å². The summed E-state index contributed by atoms with van der Waals surface area (Å²) in [5, 5.41) is 4.65. The maximum absolute atomic E-state index is 5.92. The van der Waals surface area contributed by atoms with Gasteiger partial charge in [0.2, 0.25) is 0 Å². The van der Waals surface area contributed by atoms with Crippen LogP contribution in [0, 0.1) is 0 Å². The number of nitrogens with zero attached hydrogens (tertiary/aromatic N) is 3. The van der Waals surface area contributed by atoms with Crippen LogP contribution in [0.4, 0.5) is 0 Å². The summed E-state index contributed by atoms with van der Waals surface area (Å²) in [6.45, 7) is 9.66. The van der Waals surface area contributed by atoms with E-state index in [0.29, 0.717) is 0 Å². The van der Waals surface area contributed by atoms with E-state index in [4.69, 9.17) is 5.84 Å². The summed E-state index contributed by atoms with van der Waals surface area (Å²) >= 11 is 0. The number of rotatable bonds is 9. The second-order valence-electron chi connectivity index (χ2n) is 5.92. The Kier molecular flexibility index (Phi) is 6.84. The SMILES string of the molecule is CCc1cc(CC(NN)C(CC)(CC)N(C)C)n(CC)n1. The van der Waals surface area contributed by atoms with Crippen molar-refractivity contribution in [3.8, 4) is 0 Å². The zero-order valence-electron chi connectivity index (χ0n) is 14.6. The van der Waals surface area contributed by atoms with Gasteiger partial charge in [0.05, 0.1) is 5.69 Å². The minimum Gasteiger partial charge on any atom is -0.302 e. The predicted molar refractivity (Wildman–Crippen MR) is 89.1 cm³/mol. The quantitative estimate of drug-likeness (QED) is 0.540. The number of aromatic nitrogens is 2. The molecule has 0 aliphatic carbocycles. The molecule has 1 rings (SSSR count). The van der Waals surface area contributed by atoms with Crippen LogP contribution in [0.1, 0.15) is 51.9 Å². The Balaban J connectivity index is 3.08. The molecule has 0 aliphatic heterocycles. The molecule has 0 bridgehead atoms. The molecule has 21 heavy (non-hydrogen) atoms. The largest absolute Gasteiger partial charge is 0.302 e. The fraction of sp³-hybridized carbons (Fsp3) is 0.812. The Morgan fingerprint density at radius 1 is 1.29 bits per heavy atom. The van der Waals surface area contributed by atoms with Gasteiger partial charge in [0.15, 0.2) is 0 Å². The van der Waals surface area contributed by atoms with Crippen LogP contribution in [-0.4, -0.2) is 40.4 Å². The lowest BCUT2D eigenvalue weighted by Gasteiger charge is -2.45. The molecule has 0 saturated carbocycles. The number of aryl methyl sites for hydroxylation is 2. The minimum atomic E-state index is 0.0595. The van der Waals surface area contributed by atoms with Gasteiger partial charge in [-0.1, -0.05) is 20.8 Å². The van der Waals surface area contributed by atoms with Crippen LogP contribution in [0.2, 0.25) is 0 Å². The number of hydrogen-bond acceptors (Lipinski definition) is 4. The molecule has 3 N–H and O–H groups in total. The molecule has 0 amide bonds. The van der Waals surface area contributed by atoms with Crippen molar-refractivity contribution in [1.82, 2.24) is 20.1 Å². The number of nitrogens with one attached hydrogen (secondary N) is 1. The second kappa shape index (κ2) is 7.92. The summed E-state index contributed by atoms with van der Waals surface area (Å²) < 4.78 is 2.11. The third-order valence-corrected chi connectivity index (χ3v) is 4.95. The molecule has 0 aliphatic rings. The highest BCUT2D eigenvalue weighted by Crippen LogP contribution is 2.28. The molecule has 122 valence electrons. The Bertz CT molecular complexity index is 420. The fourth-order valence-corrected chi connectivity index (χ4v) is 3.43. The van der Waals surface area contributed by atoms with E-state index in [1.165, 1.54) is 5.69 Å². The molecule has 0 spiro atoms. The Morgan fingerprint density at radius 2 is 1.90 bits per heavy atom. The molecule has 1 aromatic heterocycles. The normalized spacial score (nSPS) is 13.9. The van der Waals surface area contributed by atoms with E-state index in [2.05, 4.69) is 68.0 Å². The lowest BCUT2D eigenvalue weighted by Crippen LogP contribution is -2.61. The topological polar surface area (TPSA) is 59.1 Å². The van der Waals surface area contributed by atoms with Gasteiger partial charge in [-0.25, -0.2) is 0 Å². The molecule has 0 saturated heterocycles. The van der Waals surface area contributed by atoms with Crippen LogP contribution in [-0.2, 0) is 19.4 Å². The first-order valence-electron chi connectivity index (χ1n) is 8.18. The first-order chi connectivity index (χ1) is 9.98. The van der Waals surface area contributed by atoms with Gasteiger partial charge >= 0.3 is 0 Å². The van der Waals surface area contributed by atoms with Crippen LogP contribution >= 0.6 is 0 Å². The Labute approximate surface area is 129 Å². The first-order valence-corrected chi connectivity index (χ1v) is 8.18. The third kappa shape index (κ3) is 3.65. The molecule has 1 aromatic rings. The maximum Gasteiger partial charge on any atom is 0.0624 e. The summed E-state index contributed by atoms with van der Waals surface area (Å²) in [5.74, 6) is 5.92. The molecule has 5 nitrogen and oxygen atoms in total. The van der Waals surface area contributed by atoms with Gasteiger partial charge in [-0.05, 0) is 46.3 Å². The van der Waals surface area contributed by atoms with Crippen molar-refractivity contribution in [1.29, 1.82) is 0 Å². The van der Waals surface area contributed by atoms with Crippen molar-refractivity contribution in [2.75, 3.05) is 14.1 Å². The van der Waals surface area contributed by atoms with E-state index < -0.39 is 0 Å². The van der Waals surface area contributed by atoms with Crippen LogP contribution in [0.5, 0.6) is 0 Å². The minimum absolute atomic E-state index is 0.0595. The van der Waals surface area contributed by atoms with Gasteiger partial charge in [-0.15, -0.1) is 0 Å². The summed E-state index contributed by atoms with van der Waals surface area (Å²) in [6, 6.07) is 2.42. The van der Waals surface area contributed by atoms with Crippen molar-refractivity contribution in [3.63, 3.8) is 0 Å². The monoisotopic (exact) mass is 295 g/mol. The van der Waals surface area contributed by atoms with Crippen LogP contribution in [0.3, 0.4) is 0 Å². The van der Waals surface area contributed by atoms with Gasteiger partial charge < -0.3 is 4.90 Å². The highest BCUT2D eigenvalue weighted by atomic mass is 15.3. The van der Waals surface area contributed by atoms with Crippen molar-refractivity contribution in [2.24, 2.45) is 5.84 Å². The second-order valence-corrected chi connectivity index (χ2v) is 5.92. The van der Waals surface area contributed by atoms with E-state index in [0.717, 1.165) is 37.9 Å². The number of likely N-dealkylation sites (N-methyl/N-ethyl adjacent to an activating group) is 1. The smallest absolute Gasteiger partial charge is 0.0624 e. The molecule has 1 heterocycles. The molecule has 1 atom stereocenters. The summed E-state index contributed by atoms with van der Waals surface area (Å²) in [7, 11) is 4.29. The van der Waals surface area contributed by atoms with E-state index in [9.17, 15) is 0 Å².